The summed E-state index contributed by atoms with van der Waals surface area (Å²) in [5, 5.41) is 14.0. The molecule has 1 aliphatic rings. The van der Waals surface area contributed by atoms with E-state index in [1.165, 1.54) is 11.8 Å². The zero-order chi connectivity index (χ0) is 26.0. The molecule has 36 heavy (non-hydrogen) atoms. The lowest BCUT2D eigenvalue weighted by molar-refractivity contribution is -0.132. The number of aliphatic hydroxyl groups is 1. The highest BCUT2D eigenvalue weighted by atomic mass is 16.5. The largest absolute Gasteiger partial charge is 0.507 e. The Balaban J connectivity index is 1.86. The number of anilines is 2. The average Bonchev–Trinajstić information content (AvgIpc) is 3.10. The molecule has 4 rings (SSSR count). The van der Waals surface area contributed by atoms with Crippen molar-refractivity contribution in [3.05, 3.63) is 89.3 Å². The van der Waals surface area contributed by atoms with Crippen LogP contribution in [0.2, 0.25) is 0 Å². The van der Waals surface area contributed by atoms with Gasteiger partial charge in [-0.2, -0.15) is 0 Å². The van der Waals surface area contributed by atoms with E-state index in [1.54, 1.807) is 66.9 Å². The molecule has 0 aliphatic carbocycles. The van der Waals surface area contributed by atoms with E-state index in [1.807, 2.05) is 20.8 Å². The number of ether oxygens (including phenoxy) is 1. The van der Waals surface area contributed by atoms with Gasteiger partial charge in [0.2, 0.25) is 5.91 Å². The Morgan fingerprint density at radius 1 is 1.08 bits per heavy atom. The van der Waals surface area contributed by atoms with Crippen molar-refractivity contribution in [2.75, 3.05) is 10.2 Å². The molecule has 1 saturated heterocycles. The number of Topliss-reactive ketones (excluding diaryl/α,β-unsaturated/α-hetero) is 1. The summed E-state index contributed by atoms with van der Waals surface area (Å²) in [4.78, 5) is 43.9. The van der Waals surface area contributed by atoms with E-state index >= 15 is 0 Å². The molecule has 184 valence electrons. The monoisotopic (exact) mass is 485 g/mol. The summed E-state index contributed by atoms with van der Waals surface area (Å²) in [5.41, 5.74) is 2.36. The maximum atomic E-state index is 13.3. The number of aryl methyl sites for hydroxylation is 1. The van der Waals surface area contributed by atoms with Crippen molar-refractivity contribution in [3.8, 4) is 5.75 Å². The molecule has 1 aromatic heterocycles. The Hall–Kier alpha value is -4.46. The van der Waals surface area contributed by atoms with Crippen molar-refractivity contribution in [3.63, 3.8) is 0 Å². The predicted molar refractivity (Wildman–Crippen MR) is 137 cm³/mol. The van der Waals surface area contributed by atoms with Gasteiger partial charge in [0.25, 0.3) is 11.7 Å². The summed E-state index contributed by atoms with van der Waals surface area (Å²) in [5.74, 6) is -1.53. The molecule has 1 fully saturated rings. The fourth-order valence-corrected chi connectivity index (χ4v) is 4.19. The lowest BCUT2D eigenvalue weighted by Gasteiger charge is -2.25. The summed E-state index contributed by atoms with van der Waals surface area (Å²) in [6.45, 7) is 7.06. The van der Waals surface area contributed by atoms with Crippen molar-refractivity contribution in [1.29, 1.82) is 0 Å². The van der Waals surface area contributed by atoms with E-state index in [4.69, 9.17) is 4.74 Å². The predicted octanol–water partition coefficient (Wildman–Crippen LogP) is 4.76. The third-order valence-electron chi connectivity index (χ3n) is 5.67. The lowest BCUT2D eigenvalue weighted by Crippen LogP contribution is -2.30. The maximum Gasteiger partial charge on any atom is 0.300 e. The first kappa shape index (κ1) is 24.7. The van der Waals surface area contributed by atoms with Crippen LogP contribution in [0.1, 0.15) is 43.6 Å². The summed E-state index contributed by atoms with van der Waals surface area (Å²) >= 11 is 0. The van der Waals surface area contributed by atoms with Crippen molar-refractivity contribution in [2.24, 2.45) is 0 Å². The summed E-state index contributed by atoms with van der Waals surface area (Å²) in [6.07, 6.45) is 1.54. The van der Waals surface area contributed by atoms with Crippen LogP contribution >= 0.6 is 0 Å². The van der Waals surface area contributed by atoms with Gasteiger partial charge in [-0.05, 0) is 74.9 Å². The smallest absolute Gasteiger partial charge is 0.300 e. The van der Waals surface area contributed by atoms with E-state index in [0.717, 1.165) is 5.56 Å². The van der Waals surface area contributed by atoms with Crippen molar-refractivity contribution >= 4 is 34.7 Å². The highest BCUT2D eigenvalue weighted by molar-refractivity contribution is 6.51. The molecule has 0 saturated carbocycles. The molecule has 2 aromatic carbocycles. The van der Waals surface area contributed by atoms with Crippen LogP contribution in [-0.2, 0) is 14.4 Å². The van der Waals surface area contributed by atoms with E-state index in [-0.39, 0.29) is 23.3 Å². The third-order valence-corrected chi connectivity index (χ3v) is 5.67. The molecule has 2 amide bonds. The van der Waals surface area contributed by atoms with Gasteiger partial charge in [0, 0.05) is 30.1 Å². The van der Waals surface area contributed by atoms with Gasteiger partial charge in [0.15, 0.2) is 0 Å². The minimum atomic E-state index is -0.967. The Labute approximate surface area is 209 Å². The van der Waals surface area contributed by atoms with Crippen LogP contribution in [0, 0.1) is 6.92 Å². The molecule has 0 radical (unpaired) electrons. The van der Waals surface area contributed by atoms with E-state index in [2.05, 4.69) is 10.3 Å². The van der Waals surface area contributed by atoms with Crippen molar-refractivity contribution < 1.29 is 24.2 Å². The van der Waals surface area contributed by atoms with Gasteiger partial charge in [0.1, 0.15) is 17.6 Å². The standard InChI is InChI=1S/C28H27N3O5/c1-16(2)36-23-12-11-19(14-17(23)3)26(33)24-25(22-10-5-6-13-29-22)31(28(35)27(24)34)21-9-7-8-20(15-21)30-18(4)32/h5-16,25,33H,1-4H3,(H,30,32)/b26-24+. The number of rotatable bonds is 6. The maximum absolute atomic E-state index is 13.3. The van der Waals surface area contributed by atoms with Crippen LogP contribution in [0.4, 0.5) is 11.4 Å². The Bertz CT molecular complexity index is 1360. The minimum absolute atomic E-state index is 0.0223. The summed E-state index contributed by atoms with van der Waals surface area (Å²) in [7, 11) is 0. The number of ketones is 1. The summed E-state index contributed by atoms with van der Waals surface area (Å²) in [6, 6.07) is 15.9. The fourth-order valence-electron chi connectivity index (χ4n) is 4.19. The fraction of sp³-hybridized carbons (Fsp3) is 0.214. The van der Waals surface area contributed by atoms with Gasteiger partial charge in [-0.1, -0.05) is 12.1 Å². The van der Waals surface area contributed by atoms with Crippen LogP contribution in [-0.4, -0.2) is 33.8 Å². The number of nitrogens with one attached hydrogen (secondary N) is 1. The minimum Gasteiger partial charge on any atom is -0.507 e. The average molecular weight is 486 g/mol. The highest BCUT2D eigenvalue weighted by Crippen LogP contribution is 2.42. The molecule has 0 bridgehead atoms. The van der Waals surface area contributed by atoms with E-state index in [0.29, 0.717) is 28.4 Å². The summed E-state index contributed by atoms with van der Waals surface area (Å²) < 4.78 is 5.78. The van der Waals surface area contributed by atoms with Gasteiger partial charge in [-0.15, -0.1) is 0 Å². The SMILES string of the molecule is CC(=O)Nc1cccc(N2C(=O)C(=O)/C(=C(/O)c3ccc(OC(C)C)c(C)c3)C2c2ccccn2)c1. The number of carbonyl (C=O) groups excluding carboxylic acids is 3. The first-order valence-corrected chi connectivity index (χ1v) is 11.5. The molecule has 2 heterocycles. The van der Waals surface area contributed by atoms with Gasteiger partial charge < -0.3 is 15.2 Å². The number of hydrogen-bond donors (Lipinski definition) is 2. The number of carbonyl (C=O) groups is 3. The number of aromatic nitrogens is 1. The second-order valence-electron chi connectivity index (χ2n) is 8.80. The number of pyridine rings is 1. The molecular weight excluding hydrogens is 458 g/mol. The number of benzene rings is 2. The van der Waals surface area contributed by atoms with Gasteiger partial charge >= 0.3 is 0 Å². The van der Waals surface area contributed by atoms with Crippen LogP contribution in [0.25, 0.3) is 5.76 Å². The van der Waals surface area contributed by atoms with E-state index < -0.39 is 17.7 Å². The van der Waals surface area contributed by atoms with Crippen LogP contribution in [0.5, 0.6) is 5.75 Å². The topological polar surface area (TPSA) is 109 Å². The molecule has 8 heteroatoms. The Kier molecular flexibility index (Phi) is 6.87. The molecule has 8 nitrogen and oxygen atoms in total. The first-order chi connectivity index (χ1) is 17.2. The van der Waals surface area contributed by atoms with Crippen molar-refractivity contribution in [1.82, 2.24) is 4.98 Å². The van der Waals surface area contributed by atoms with Crippen LogP contribution in [0.15, 0.2) is 72.4 Å². The lowest BCUT2D eigenvalue weighted by atomic mass is 9.97. The molecule has 3 aromatic rings. The molecule has 2 N–H and O–H groups in total. The number of aliphatic hydroxyl groups excluding tert-OH is 1. The molecular formula is C28H27N3O5. The Morgan fingerprint density at radius 3 is 2.50 bits per heavy atom. The molecule has 1 atom stereocenters. The third kappa shape index (κ3) is 4.84. The highest BCUT2D eigenvalue weighted by Gasteiger charge is 2.47. The number of hydrogen-bond acceptors (Lipinski definition) is 6. The second-order valence-corrected chi connectivity index (χ2v) is 8.80. The number of amides is 2. The second kappa shape index (κ2) is 10.0. The first-order valence-electron chi connectivity index (χ1n) is 11.5. The van der Waals surface area contributed by atoms with Crippen LogP contribution in [0.3, 0.4) is 0 Å². The van der Waals surface area contributed by atoms with E-state index in [9.17, 15) is 19.5 Å². The van der Waals surface area contributed by atoms with Gasteiger partial charge in [0.05, 0.1) is 17.4 Å². The van der Waals surface area contributed by atoms with Gasteiger partial charge in [-0.3, -0.25) is 24.3 Å². The zero-order valence-electron chi connectivity index (χ0n) is 20.5. The van der Waals surface area contributed by atoms with Crippen LogP contribution < -0.4 is 15.0 Å². The molecule has 1 aliphatic heterocycles. The number of nitrogens with zero attached hydrogens (tertiary/aromatic N) is 2. The Morgan fingerprint density at radius 2 is 1.86 bits per heavy atom. The van der Waals surface area contributed by atoms with Gasteiger partial charge in [-0.25, -0.2) is 0 Å². The molecule has 0 spiro atoms. The normalized spacial score (nSPS) is 16.9. The quantitative estimate of drug-likeness (QED) is 0.296. The molecule has 1 unspecified atom stereocenters. The zero-order valence-corrected chi connectivity index (χ0v) is 20.5. The van der Waals surface area contributed by atoms with Crippen molar-refractivity contribution in [2.45, 2.75) is 39.8 Å².